The van der Waals surface area contributed by atoms with Crippen molar-refractivity contribution in [3.8, 4) is 0 Å². The van der Waals surface area contributed by atoms with E-state index in [4.69, 9.17) is 0 Å². The monoisotopic (exact) mass is 288 g/mol. The van der Waals surface area contributed by atoms with E-state index in [9.17, 15) is 4.79 Å². The van der Waals surface area contributed by atoms with Crippen molar-refractivity contribution in [2.75, 3.05) is 0 Å². The molecule has 19 heavy (non-hydrogen) atoms. The van der Waals surface area contributed by atoms with Crippen molar-refractivity contribution in [1.82, 2.24) is 0 Å². The maximum Gasteiger partial charge on any atom is 0.190 e. The summed E-state index contributed by atoms with van der Waals surface area (Å²) in [6.07, 6.45) is 0. The van der Waals surface area contributed by atoms with Crippen LogP contribution in [-0.4, -0.2) is 5.12 Å². The summed E-state index contributed by atoms with van der Waals surface area (Å²) in [6.45, 7) is 1.60. The van der Waals surface area contributed by atoms with Gasteiger partial charge in [-0.3, -0.25) is 4.79 Å². The van der Waals surface area contributed by atoms with Gasteiger partial charge in [0.1, 0.15) is 0 Å². The van der Waals surface area contributed by atoms with E-state index in [-0.39, 0.29) is 5.12 Å². The third-order valence-corrected chi connectivity index (χ3v) is 4.39. The summed E-state index contributed by atoms with van der Waals surface area (Å²) < 4.78 is 0. The minimum Gasteiger partial charge on any atom is -0.287 e. The highest BCUT2D eigenvalue weighted by Crippen LogP contribution is 2.23. The van der Waals surface area contributed by atoms with Crippen molar-refractivity contribution >= 4 is 28.6 Å². The average molecular weight is 288 g/mol. The van der Waals surface area contributed by atoms with E-state index in [2.05, 4.69) is 36.4 Å². The Morgan fingerprint density at radius 2 is 1.63 bits per heavy atom. The third kappa shape index (κ3) is 5.13. The normalized spacial score (nSPS) is 10.4. The number of carbonyl (C=O) groups is 1. The molecule has 0 saturated carbocycles. The van der Waals surface area contributed by atoms with Crippen LogP contribution in [0.25, 0.3) is 0 Å². The molecule has 0 saturated heterocycles. The molecule has 98 valence electrons. The van der Waals surface area contributed by atoms with E-state index in [0.717, 1.165) is 16.4 Å². The van der Waals surface area contributed by atoms with E-state index in [1.54, 1.807) is 6.92 Å². The van der Waals surface area contributed by atoms with Gasteiger partial charge in [0.2, 0.25) is 0 Å². The van der Waals surface area contributed by atoms with Crippen LogP contribution in [0.5, 0.6) is 0 Å². The fourth-order valence-electron chi connectivity index (χ4n) is 1.73. The lowest BCUT2D eigenvalue weighted by Crippen LogP contribution is -1.86. The maximum atomic E-state index is 11.1. The number of rotatable bonds is 5. The third-order valence-electron chi connectivity index (χ3n) is 2.54. The largest absolute Gasteiger partial charge is 0.287 e. The molecule has 0 amide bonds. The molecule has 2 aromatic carbocycles. The summed E-state index contributed by atoms with van der Waals surface area (Å²) in [5.74, 6) is 1.99. The molecule has 0 spiro atoms. The van der Waals surface area contributed by atoms with Gasteiger partial charge in [0.05, 0.1) is 0 Å². The second-order valence-corrected chi connectivity index (χ2v) is 6.46. The van der Waals surface area contributed by atoms with Crippen LogP contribution in [0, 0.1) is 0 Å². The molecule has 0 heterocycles. The first-order chi connectivity index (χ1) is 9.24. The van der Waals surface area contributed by atoms with E-state index >= 15 is 0 Å². The number of hydrogen-bond acceptors (Lipinski definition) is 3. The standard InChI is InChI=1S/C16H16OS2/c1-13(17)19-16-9-5-8-15(10-16)12-18-11-14-6-3-2-4-7-14/h2-10H,11-12H2,1H3. The lowest BCUT2D eigenvalue weighted by molar-refractivity contribution is -0.109. The zero-order valence-electron chi connectivity index (χ0n) is 10.8. The quantitative estimate of drug-likeness (QED) is 0.738. The molecule has 0 radical (unpaired) electrons. The molecular weight excluding hydrogens is 272 g/mol. The second kappa shape index (κ2) is 7.41. The number of hydrogen-bond donors (Lipinski definition) is 0. The zero-order valence-corrected chi connectivity index (χ0v) is 12.5. The summed E-state index contributed by atoms with van der Waals surface area (Å²) in [6, 6.07) is 18.7. The number of carbonyl (C=O) groups excluding carboxylic acids is 1. The molecule has 0 unspecified atom stereocenters. The fourth-order valence-corrected chi connectivity index (χ4v) is 3.36. The van der Waals surface area contributed by atoms with Crippen LogP contribution < -0.4 is 0 Å². The molecule has 0 aliphatic rings. The first-order valence-electron chi connectivity index (χ1n) is 6.13. The van der Waals surface area contributed by atoms with E-state index in [0.29, 0.717) is 0 Å². The van der Waals surface area contributed by atoms with Crippen molar-refractivity contribution in [2.45, 2.75) is 23.3 Å². The SMILES string of the molecule is CC(=O)Sc1cccc(CSCc2ccccc2)c1. The van der Waals surface area contributed by atoms with Gasteiger partial charge >= 0.3 is 0 Å². The highest BCUT2D eigenvalue weighted by Gasteiger charge is 2.00. The molecule has 0 aliphatic heterocycles. The Bertz CT molecular complexity index is 537. The summed E-state index contributed by atoms with van der Waals surface area (Å²) >= 11 is 3.19. The Morgan fingerprint density at radius 3 is 2.37 bits per heavy atom. The fraction of sp³-hybridized carbons (Fsp3) is 0.188. The highest BCUT2D eigenvalue weighted by molar-refractivity contribution is 8.13. The molecule has 0 N–H and O–H groups in total. The van der Waals surface area contributed by atoms with Gasteiger partial charge in [-0.1, -0.05) is 54.2 Å². The lowest BCUT2D eigenvalue weighted by atomic mass is 10.2. The van der Waals surface area contributed by atoms with Crippen molar-refractivity contribution in [3.63, 3.8) is 0 Å². The summed E-state index contributed by atoms with van der Waals surface area (Å²) in [7, 11) is 0. The lowest BCUT2D eigenvalue weighted by Gasteiger charge is -2.04. The van der Waals surface area contributed by atoms with E-state index in [1.807, 2.05) is 30.0 Å². The van der Waals surface area contributed by atoms with Crippen LogP contribution in [-0.2, 0) is 16.3 Å². The molecule has 0 bridgehead atoms. The average Bonchev–Trinajstić information content (AvgIpc) is 2.40. The van der Waals surface area contributed by atoms with Gasteiger partial charge in [0.25, 0.3) is 0 Å². The molecule has 0 atom stereocenters. The highest BCUT2D eigenvalue weighted by atomic mass is 32.2. The Hall–Kier alpha value is -1.19. The second-order valence-electron chi connectivity index (χ2n) is 4.22. The van der Waals surface area contributed by atoms with Gasteiger partial charge in [-0.05, 0) is 23.3 Å². The smallest absolute Gasteiger partial charge is 0.190 e. The van der Waals surface area contributed by atoms with Crippen molar-refractivity contribution in [1.29, 1.82) is 0 Å². The molecule has 2 aromatic rings. The Labute approximate surface area is 122 Å². The van der Waals surface area contributed by atoms with Crippen LogP contribution in [0.2, 0.25) is 0 Å². The maximum absolute atomic E-state index is 11.1. The van der Waals surface area contributed by atoms with Crippen molar-refractivity contribution in [2.24, 2.45) is 0 Å². The predicted molar refractivity (Wildman–Crippen MR) is 84.4 cm³/mol. The predicted octanol–water partition coefficient (Wildman–Crippen LogP) is 4.76. The minimum absolute atomic E-state index is 0.133. The van der Waals surface area contributed by atoms with Crippen LogP contribution in [0.3, 0.4) is 0 Å². The molecule has 2 rings (SSSR count). The van der Waals surface area contributed by atoms with Gasteiger partial charge in [0, 0.05) is 23.3 Å². The van der Waals surface area contributed by atoms with Crippen LogP contribution in [0.15, 0.2) is 59.5 Å². The van der Waals surface area contributed by atoms with E-state index in [1.165, 1.54) is 22.9 Å². The van der Waals surface area contributed by atoms with Gasteiger partial charge in [-0.15, -0.1) is 0 Å². The van der Waals surface area contributed by atoms with Crippen LogP contribution in [0.4, 0.5) is 0 Å². The van der Waals surface area contributed by atoms with Crippen LogP contribution >= 0.6 is 23.5 Å². The van der Waals surface area contributed by atoms with Crippen molar-refractivity contribution < 1.29 is 4.79 Å². The van der Waals surface area contributed by atoms with Crippen molar-refractivity contribution in [3.05, 3.63) is 65.7 Å². The molecule has 1 nitrogen and oxygen atoms in total. The van der Waals surface area contributed by atoms with E-state index < -0.39 is 0 Å². The molecule has 0 aliphatic carbocycles. The summed E-state index contributed by atoms with van der Waals surface area (Å²) in [5.41, 5.74) is 2.62. The van der Waals surface area contributed by atoms with Gasteiger partial charge in [-0.2, -0.15) is 11.8 Å². The van der Waals surface area contributed by atoms with Gasteiger partial charge in [-0.25, -0.2) is 0 Å². The summed E-state index contributed by atoms with van der Waals surface area (Å²) in [5, 5.41) is 0.133. The molecule has 0 fully saturated rings. The first-order valence-corrected chi connectivity index (χ1v) is 8.10. The summed E-state index contributed by atoms with van der Waals surface area (Å²) in [4.78, 5) is 12.1. The first kappa shape index (κ1) is 14.2. The Morgan fingerprint density at radius 1 is 0.947 bits per heavy atom. The minimum atomic E-state index is 0.133. The molecule has 3 heteroatoms. The van der Waals surface area contributed by atoms with Gasteiger partial charge < -0.3 is 0 Å². The topological polar surface area (TPSA) is 17.1 Å². The zero-order chi connectivity index (χ0) is 13.5. The van der Waals surface area contributed by atoms with Crippen LogP contribution in [0.1, 0.15) is 18.1 Å². The Balaban J connectivity index is 1.87. The molecule has 0 aromatic heterocycles. The molecular formula is C16H16OS2. The number of thioether (sulfide) groups is 2. The number of benzene rings is 2. The Kier molecular flexibility index (Phi) is 5.55. The van der Waals surface area contributed by atoms with Gasteiger partial charge in [0.15, 0.2) is 5.12 Å².